The summed E-state index contributed by atoms with van der Waals surface area (Å²) in [6.07, 6.45) is 0.831. The van der Waals surface area contributed by atoms with Gasteiger partial charge in [-0.1, -0.05) is 67.4 Å². The summed E-state index contributed by atoms with van der Waals surface area (Å²) in [6.45, 7) is 4.50. The highest BCUT2D eigenvalue weighted by molar-refractivity contribution is 6.33. The van der Waals surface area contributed by atoms with Crippen LogP contribution in [0.15, 0.2) is 48.5 Å². The minimum absolute atomic E-state index is 0.0122. The predicted octanol–water partition coefficient (Wildman–Crippen LogP) is 5.10. The summed E-state index contributed by atoms with van der Waals surface area (Å²) >= 11 is 12.4. The van der Waals surface area contributed by atoms with Gasteiger partial charge < -0.3 is 5.32 Å². The third-order valence-electron chi connectivity index (χ3n) is 4.17. The van der Waals surface area contributed by atoms with Crippen molar-refractivity contribution in [1.29, 1.82) is 0 Å². The van der Waals surface area contributed by atoms with Crippen molar-refractivity contribution in [1.82, 2.24) is 5.32 Å². The van der Waals surface area contributed by atoms with Crippen LogP contribution in [-0.4, -0.2) is 13.1 Å². The van der Waals surface area contributed by atoms with Gasteiger partial charge in [0.05, 0.1) is 0 Å². The molecule has 3 heteroatoms. The average molecular weight is 322 g/mol. The first-order valence-electron chi connectivity index (χ1n) is 7.12. The van der Waals surface area contributed by atoms with E-state index in [4.69, 9.17) is 23.2 Å². The Balaban J connectivity index is 2.29. The first-order chi connectivity index (χ1) is 9.95. The Kier molecular flexibility index (Phi) is 5.32. The maximum Gasteiger partial charge on any atom is 0.0439 e. The lowest BCUT2D eigenvalue weighted by atomic mass is 9.75. The summed E-state index contributed by atoms with van der Waals surface area (Å²) in [5, 5.41) is 4.93. The van der Waals surface area contributed by atoms with Gasteiger partial charge in [-0.05, 0) is 42.8 Å². The van der Waals surface area contributed by atoms with E-state index >= 15 is 0 Å². The topological polar surface area (TPSA) is 12.0 Å². The molecule has 0 saturated carbocycles. The standard InChI is InChI=1S/C18H21Cl2N/c1-18(2,14-7-5-4-6-8-14)17(21-3)12-13-11-15(19)9-10-16(13)20/h4-11,17,21H,12H2,1-3H3. The van der Waals surface area contributed by atoms with Gasteiger partial charge in [-0.2, -0.15) is 0 Å². The van der Waals surface area contributed by atoms with Crippen LogP contribution in [0.5, 0.6) is 0 Å². The molecule has 2 aromatic rings. The molecule has 0 saturated heterocycles. The molecule has 0 amide bonds. The Labute approximate surface area is 137 Å². The van der Waals surface area contributed by atoms with Gasteiger partial charge in [0.25, 0.3) is 0 Å². The Morgan fingerprint density at radius 1 is 1.05 bits per heavy atom. The second kappa shape index (κ2) is 6.83. The molecule has 0 aliphatic rings. The summed E-state index contributed by atoms with van der Waals surface area (Å²) in [4.78, 5) is 0. The van der Waals surface area contributed by atoms with Crippen LogP contribution in [0.4, 0.5) is 0 Å². The Morgan fingerprint density at radius 3 is 2.33 bits per heavy atom. The lowest BCUT2D eigenvalue weighted by Crippen LogP contribution is -2.44. The van der Waals surface area contributed by atoms with Gasteiger partial charge in [-0.25, -0.2) is 0 Å². The van der Waals surface area contributed by atoms with Crippen molar-refractivity contribution < 1.29 is 0 Å². The lowest BCUT2D eigenvalue weighted by molar-refractivity contribution is 0.356. The van der Waals surface area contributed by atoms with E-state index in [0.29, 0.717) is 0 Å². The number of halogens is 2. The quantitative estimate of drug-likeness (QED) is 0.807. The third kappa shape index (κ3) is 3.79. The largest absolute Gasteiger partial charge is 0.316 e. The van der Waals surface area contributed by atoms with Crippen molar-refractivity contribution in [3.8, 4) is 0 Å². The SMILES string of the molecule is CNC(Cc1cc(Cl)ccc1Cl)C(C)(C)c1ccccc1. The van der Waals surface area contributed by atoms with Crippen LogP contribution < -0.4 is 5.32 Å². The monoisotopic (exact) mass is 321 g/mol. The maximum atomic E-state index is 6.31. The highest BCUT2D eigenvalue weighted by atomic mass is 35.5. The van der Waals surface area contributed by atoms with Gasteiger partial charge in [0, 0.05) is 21.5 Å². The van der Waals surface area contributed by atoms with Crippen molar-refractivity contribution >= 4 is 23.2 Å². The molecule has 2 rings (SSSR count). The molecule has 2 aromatic carbocycles. The molecule has 0 fully saturated rings. The molecule has 0 aliphatic carbocycles. The van der Waals surface area contributed by atoms with E-state index in [9.17, 15) is 0 Å². The number of benzene rings is 2. The van der Waals surface area contributed by atoms with E-state index in [-0.39, 0.29) is 11.5 Å². The van der Waals surface area contributed by atoms with E-state index in [1.165, 1.54) is 5.56 Å². The van der Waals surface area contributed by atoms with Crippen LogP contribution in [0.1, 0.15) is 25.0 Å². The highest BCUT2D eigenvalue weighted by Crippen LogP contribution is 2.31. The molecule has 1 atom stereocenters. The van der Waals surface area contributed by atoms with Gasteiger partial charge in [-0.3, -0.25) is 0 Å². The first-order valence-corrected chi connectivity index (χ1v) is 7.87. The van der Waals surface area contributed by atoms with Crippen LogP contribution in [0.3, 0.4) is 0 Å². The van der Waals surface area contributed by atoms with Crippen molar-refractivity contribution in [3.05, 3.63) is 69.7 Å². The fourth-order valence-electron chi connectivity index (χ4n) is 2.71. The second-order valence-electron chi connectivity index (χ2n) is 5.87. The summed E-state index contributed by atoms with van der Waals surface area (Å²) in [5.74, 6) is 0. The van der Waals surface area contributed by atoms with E-state index in [1.807, 2.05) is 31.3 Å². The zero-order chi connectivity index (χ0) is 15.5. The Hall–Kier alpha value is -1.02. The van der Waals surface area contributed by atoms with Crippen molar-refractivity contribution in [2.24, 2.45) is 0 Å². The fraction of sp³-hybridized carbons (Fsp3) is 0.333. The van der Waals surface area contributed by atoms with Gasteiger partial charge in [-0.15, -0.1) is 0 Å². The van der Waals surface area contributed by atoms with Gasteiger partial charge in [0.1, 0.15) is 0 Å². The molecular formula is C18H21Cl2N. The molecule has 21 heavy (non-hydrogen) atoms. The molecule has 0 bridgehead atoms. The molecule has 0 aliphatic heterocycles. The summed E-state index contributed by atoms with van der Waals surface area (Å²) in [7, 11) is 1.99. The Bertz CT molecular complexity index is 593. The number of likely N-dealkylation sites (N-methyl/N-ethyl adjacent to an activating group) is 1. The molecule has 0 heterocycles. The fourth-order valence-corrected chi connectivity index (χ4v) is 3.10. The lowest BCUT2D eigenvalue weighted by Gasteiger charge is -2.35. The number of hydrogen-bond acceptors (Lipinski definition) is 1. The Morgan fingerprint density at radius 2 is 1.71 bits per heavy atom. The van der Waals surface area contributed by atoms with Crippen LogP contribution in [-0.2, 0) is 11.8 Å². The van der Waals surface area contributed by atoms with E-state index in [2.05, 4.69) is 43.4 Å². The predicted molar refractivity (Wildman–Crippen MR) is 92.5 cm³/mol. The number of rotatable bonds is 5. The molecular weight excluding hydrogens is 301 g/mol. The molecule has 0 radical (unpaired) electrons. The minimum atomic E-state index is -0.0122. The first kappa shape index (κ1) is 16.4. The molecule has 1 unspecified atom stereocenters. The molecule has 1 N–H and O–H groups in total. The van der Waals surface area contributed by atoms with Crippen molar-refractivity contribution in [2.75, 3.05) is 7.05 Å². The third-order valence-corrected chi connectivity index (χ3v) is 4.77. The molecule has 0 spiro atoms. The summed E-state index contributed by atoms with van der Waals surface area (Å²) in [6, 6.07) is 16.4. The number of nitrogens with one attached hydrogen (secondary N) is 1. The van der Waals surface area contributed by atoms with Crippen LogP contribution in [0, 0.1) is 0 Å². The van der Waals surface area contributed by atoms with Crippen molar-refractivity contribution in [3.63, 3.8) is 0 Å². The van der Waals surface area contributed by atoms with Crippen LogP contribution in [0.25, 0.3) is 0 Å². The van der Waals surface area contributed by atoms with E-state index < -0.39 is 0 Å². The summed E-state index contributed by atoms with van der Waals surface area (Å²) in [5.41, 5.74) is 2.37. The summed E-state index contributed by atoms with van der Waals surface area (Å²) < 4.78 is 0. The van der Waals surface area contributed by atoms with Gasteiger partial charge in [0.15, 0.2) is 0 Å². The maximum absolute atomic E-state index is 6.31. The molecule has 0 aromatic heterocycles. The van der Waals surface area contributed by atoms with Crippen LogP contribution >= 0.6 is 23.2 Å². The van der Waals surface area contributed by atoms with E-state index in [0.717, 1.165) is 22.0 Å². The van der Waals surface area contributed by atoms with Crippen LogP contribution in [0.2, 0.25) is 10.0 Å². The van der Waals surface area contributed by atoms with E-state index in [1.54, 1.807) is 0 Å². The number of hydrogen-bond donors (Lipinski definition) is 1. The minimum Gasteiger partial charge on any atom is -0.316 e. The second-order valence-corrected chi connectivity index (χ2v) is 6.71. The zero-order valence-corrected chi connectivity index (χ0v) is 14.2. The van der Waals surface area contributed by atoms with Gasteiger partial charge >= 0.3 is 0 Å². The average Bonchev–Trinajstić information content (AvgIpc) is 2.48. The highest BCUT2D eigenvalue weighted by Gasteiger charge is 2.30. The zero-order valence-electron chi connectivity index (χ0n) is 12.7. The molecule has 112 valence electrons. The van der Waals surface area contributed by atoms with Crippen molar-refractivity contribution in [2.45, 2.75) is 31.7 Å². The molecule has 1 nitrogen and oxygen atoms in total. The normalized spacial score (nSPS) is 13.2. The van der Waals surface area contributed by atoms with Gasteiger partial charge in [0.2, 0.25) is 0 Å². The smallest absolute Gasteiger partial charge is 0.0439 e.